The lowest BCUT2D eigenvalue weighted by Gasteiger charge is -2.46. The minimum atomic E-state index is -2.71. The lowest BCUT2D eigenvalue weighted by atomic mass is 9.97. The number of methoxy groups -OCH3 is 1. The van der Waals surface area contributed by atoms with E-state index in [0.29, 0.717) is 12.8 Å². The number of halogens is 1. The molecule has 0 aliphatic carbocycles. The van der Waals surface area contributed by atoms with Crippen LogP contribution in [0.4, 0.5) is 4.39 Å². The number of alkyl halides is 1. The predicted octanol–water partition coefficient (Wildman–Crippen LogP) is -2.17. The molecule has 0 spiro atoms. The summed E-state index contributed by atoms with van der Waals surface area (Å²) >= 11 is 0. The maximum Gasteiger partial charge on any atom is 0.305 e. The van der Waals surface area contributed by atoms with Crippen molar-refractivity contribution in [3.8, 4) is 0 Å². The number of esters is 1. The number of unbranched alkanes of at least 4 members (excludes halogenated alkanes) is 5. The van der Waals surface area contributed by atoms with Crippen LogP contribution in [-0.2, 0) is 28.5 Å². The molecule has 0 aromatic heterocycles. The Hall–Kier alpha value is -1.04. The number of rotatable bonds is 14. The first kappa shape index (κ1) is 31.2. The molecule has 212 valence electrons. The van der Waals surface area contributed by atoms with E-state index in [-0.39, 0.29) is 12.6 Å². The molecule has 36 heavy (non-hydrogen) atoms. The van der Waals surface area contributed by atoms with Gasteiger partial charge in [-0.1, -0.05) is 25.7 Å². The van der Waals surface area contributed by atoms with Crippen molar-refractivity contribution in [1.29, 1.82) is 0 Å². The molecule has 11 atom stereocenters. The molecule has 1 unspecified atom stereocenters. The molecule has 0 bridgehead atoms. The fourth-order valence-electron chi connectivity index (χ4n) is 4.08. The Kier molecular flexibility index (Phi) is 13.3. The normalized spacial score (nSPS) is 38.0. The highest BCUT2D eigenvalue weighted by molar-refractivity contribution is 5.68. The second-order valence-corrected chi connectivity index (χ2v) is 8.94. The Balaban J connectivity index is 1.90. The minimum absolute atomic E-state index is 0.148. The van der Waals surface area contributed by atoms with E-state index in [2.05, 4.69) is 4.74 Å². The molecule has 2 aliphatic rings. The highest BCUT2D eigenvalue weighted by Crippen LogP contribution is 2.30. The average Bonchev–Trinajstić information content (AvgIpc) is 2.86. The summed E-state index contributed by atoms with van der Waals surface area (Å²) in [6, 6.07) is 0. The number of hydrogen-bond acceptors (Lipinski definition) is 13. The van der Waals surface area contributed by atoms with Crippen LogP contribution in [0.1, 0.15) is 44.9 Å². The topological polar surface area (TPSA) is 205 Å². The van der Waals surface area contributed by atoms with Crippen molar-refractivity contribution < 1.29 is 68.6 Å². The lowest BCUT2D eigenvalue weighted by molar-refractivity contribution is -0.374. The Labute approximate surface area is 208 Å². The molecule has 2 aliphatic heterocycles. The van der Waals surface area contributed by atoms with E-state index in [9.17, 15) is 44.9 Å². The fourth-order valence-corrected chi connectivity index (χ4v) is 4.08. The van der Waals surface area contributed by atoms with Gasteiger partial charge in [0.25, 0.3) is 0 Å². The summed E-state index contributed by atoms with van der Waals surface area (Å²) in [6.07, 6.45) is -14.5. The van der Waals surface area contributed by atoms with Gasteiger partial charge in [-0.2, -0.15) is 0 Å². The van der Waals surface area contributed by atoms with Gasteiger partial charge in [0, 0.05) is 13.0 Å². The van der Waals surface area contributed by atoms with Gasteiger partial charge in [-0.3, -0.25) is 4.79 Å². The maximum absolute atomic E-state index is 13.4. The van der Waals surface area contributed by atoms with Crippen LogP contribution in [0, 0.1) is 0 Å². The van der Waals surface area contributed by atoms with Crippen molar-refractivity contribution in [3.05, 3.63) is 0 Å². The molecule has 0 amide bonds. The van der Waals surface area contributed by atoms with Gasteiger partial charge in [0.2, 0.25) is 6.36 Å². The van der Waals surface area contributed by atoms with Crippen LogP contribution in [-0.4, -0.2) is 130 Å². The number of aliphatic hydroxyl groups excluding tert-OH is 7. The van der Waals surface area contributed by atoms with Crippen LogP contribution in [0.25, 0.3) is 0 Å². The SMILES string of the molecule is COC(=O)CCCCCCCCO[C@H]1O[C@H](CO)[C@@H](O)[C@H](O)[C@H]1O[C@@H]1O[C@H](C(O)F)[C@@H](O)[C@H](O)[C@H]1O. The second kappa shape index (κ2) is 15.4. The summed E-state index contributed by atoms with van der Waals surface area (Å²) in [5.41, 5.74) is 0. The van der Waals surface area contributed by atoms with E-state index in [0.717, 1.165) is 32.1 Å². The average molecular weight is 531 g/mol. The summed E-state index contributed by atoms with van der Waals surface area (Å²) < 4.78 is 39.7. The number of ether oxygens (including phenoxy) is 5. The van der Waals surface area contributed by atoms with Gasteiger partial charge in [0.05, 0.1) is 13.7 Å². The van der Waals surface area contributed by atoms with Crippen molar-refractivity contribution in [2.45, 2.75) is 113 Å². The van der Waals surface area contributed by atoms with Gasteiger partial charge in [-0.05, 0) is 12.8 Å². The van der Waals surface area contributed by atoms with Gasteiger partial charge in [0.1, 0.15) is 48.8 Å². The van der Waals surface area contributed by atoms with Gasteiger partial charge < -0.3 is 59.4 Å². The first-order valence-electron chi connectivity index (χ1n) is 12.1. The van der Waals surface area contributed by atoms with E-state index in [4.69, 9.17) is 18.9 Å². The van der Waals surface area contributed by atoms with E-state index >= 15 is 0 Å². The highest BCUT2D eigenvalue weighted by atomic mass is 19.1. The molecular formula is C22H39FO13. The standard InChI is InChI=1S/C22H39FO13/c1-32-12(25)8-6-4-2-3-5-7-9-33-22-19(15(28)13(26)11(10-24)34-22)36-21-17(30)14(27)16(29)18(35-21)20(23)31/h11,13-22,24,26-31H,2-10H2,1H3/t11-,13-,14+,15+,16+,17-,18+,19-,20?,21+,22+/m1/s1. The first-order chi connectivity index (χ1) is 17.1. The molecule has 0 radical (unpaired) electrons. The largest absolute Gasteiger partial charge is 0.469 e. The summed E-state index contributed by atoms with van der Waals surface area (Å²) in [7, 11) is 1.35. The van der Waals surface area contributed by atoms with Gasteiger partial charge in [-0.15, -0.1) is 0 Å². The Morgan fingerprint density at radius 2 is 1.50 bits per heavy atom. The predicted molar refractivity (Wildman–Crippen MR) is 117 cm³/mol. The smallest absolute Gasteiger partial charge is 0.305 e. The zero-order valence-corrected chi connectivity index (χ0v) is 20.2. The lowest BCUT2D eigenvalue weighted by Crippen LogP contribution is -2.65. The second-order valence-electron chi connectivity index (χ2n) is 8.94. The Bertz CT molecular complexity index is 641. The van der Waals surface area contributed by atoms with Crippen LogP contribution < -0.4 is 0 Å². The van der Waals surface area contributed by atoms with E-state index < -0.39 is 74.4 Å². The van der Waals surface area contributed by atoms with Gasteiger partial charge in [-0.25, -0.2) is 4.39 Å². The third kappa shape index (κ3) is 8.49. The third-order valence-corrected chi connectivity index (χ3v) is 6.28. The van der Waals surface area contributed by atoms with Crippen molar-refractivity contribution in [3.63, 3.8) is 0 Å². The minimum Gasteiger partial charge on any atom is -0.469 e. The van der Waals surface area contributed by atoms with Crippen LogP contribution in [0.2, 0.25) is 0 Å². The van der Waals surface area contributed by atoms with Crippen molar-refractivity contribution in [1.82, 2.24) is 0 Å². The summed E-state index contributed by atoms with van der Waals surface area (Å²) in [6.45, 7) is -0.491. The number of aliphatic hydroxyl groups is 7. The Morgan fingerprint density at radius 3 is 2.11 bits per heavy atom. The van der Waals surface area contributed by atoms with Crippen LogP contribution in [0.3, 0.4) is 0 Å². The van der Waals surface area contributed by atoms with E-state index in [1.807, 2.05) is 0 Å². The molecule has 7 N–H and O–H groups in total. The molecule has 2 fully saturated rings. The summed E-state index contributed by atoms with van der Waals surface area (Å²) in [5, 5.41) is 69.4. The Morgan fingerprint density at radius 1 is 0.861 bits per heavy atom. The number of hydrogen-bond donors (Lipinski definition) is 7. The maximum atomic E-state index is 13.4. The molecule has 0 aromatic rings. The zero-order valence-electron chi connectivity index (χ0n) is 20.2. The van der Waals surface area contributed by atoms with Crippen molar-refractivity contribution in [2.75, 3.05) is 20.3 Å². The van der Waals surface area contributed by atoms with Crippen LogP contribution in [0.15, 0.2) is 0 Å². The molecule has 2 rings (SSSR count). The third-order valence-electron chi connectivity index (χ3n) is 6.28. The highest BCUT2D eigenvalue weighted by Gasteiger charge is 2.52. The summed E-state index contributed by atoms with van der Waals surface area (Å²) in [4.78, 5) is 11.1. The van der Waals surface area contributed by atoms with Crippen LogP contribution in [0.5, 0.6) is 0 Å². The molecule has 2 saturated heterocycles. The molecule has 2 heterocycles. The van der Waals surface area contributed by atoms with E-state index in [1.54, 1.807) is 0 Å². The van der Waals surface area contributed by atoms with Crippen LogP contribution >= 0.6 is 0 Å². The molecule has 14 heteroatoms. The fraction of sp³-hybridized carbons (Fsp3) is 0.955. The van der Waals surface area contributed by atoms with Crippen molar-refractivity contribution >= 4 is 5.97 Å². The van der Waals surface area contributed by atoms with Gasteiger partial charge in [0.15, 0.2) is 12.6 Å². The van der Waals surface area contributed by atoms with Gasteiger partial charge >= 0.3 is 5.97 Å². The zero-order chi connectivity index (χ0) is 26.8. The molecule has 0 aromatic carbocycles. The molecule has 13 nitrogen and oxygen atoms in total. The quantitative estimate of drug-likeness (QED) is 0.0944. The summed E-state index contributed by atoms with van der Waals surface area (Å²) in [5.74, 6) is -0.241. The van der Waals surface area contributed by atoms with E-state index in [1.165, 1.54) is 7.11 Å². The molecule has 0 saturated carbocycles. The number of carbonyl (C=O) groups is 1. The number of carbonyl (C=O) groups excluding carboxylic acids is 1. The first-order valence-corrected chi connectivity index (χ1v) is 12.1. The van der Waals surface area contributed by atoms with Crippen molar-refractivity contribution in [2.24, 2.45) is 0 Å². The molecular weight excluding hydrogens is 491 g/mol. The monoisotopic (exact) mass is 530 g/mol.